The van der Waals surface area contributed by atoms with E-state index in [9.17, 15) is 9.59 Å². The molecule has 0 unspecified atom stereocenters. The van der Waals surface area contributed by atoms with E-state index in [-0.39, 0.29) is 5.91 Å². The number of amides is 1. The Morgan fingerprint density at radius 1 is 1.04 bits per heavy atom. The number of aromatic amines is 1. The number of nitrogens with one attached hydrogen (secondary N) is 1. The van der Waals surface area contributed by atoms with E-state index in [4.69, 9.17) is 5.11 Å². The number of aromatic nitrogens is 1. The SMILES string of the molecule is O=C(O)c1cccc(CC2CCN(C(=O)c3cc4ccccc4[nH]3)CC2)c1. The molecule has 0 radical (unpaired) electrons. The molecule has 1 amide bonds. The molecule has 0 bridgehead atoms. The molecule has 4 rings (SSSR count). The van der Waals surface area contributed by atoms with Gasteiger partial charge in [0.2, 0.25) is 0 Å². The minimum Gasteiger partial charge on any atom is -0.478 e. The van der Waals surface area contributed by atoms with Gasteiger partial charge in [0.25, 0.3) is 5.91 Å². The number of piperidine rings is 1. The Balaban J connectivity index is 1.37. The zero-order chi connectivity index (χ0) is 18.8. The maximum atomic E-state index is 12.8. The molecule has 27 heavy (non-hydrogen) atoms. The molecule has 1 saturated heterocycles. The molecule has 1 fully saturated rings. The van der Waals surface area contributed by atoms with Gasteiger partial charge < -0.3 is 15.0 Å². The molecule has 0 spiro atoms. The number of benzene rings is 2. The third kappa shape index (κ3) is 3.72. The number of rotatable bonds is 4. The van der Waals surface area contributed by atoms with Crippen LogP contribution in [0.4, 0.5) is 0 Å². The molecular formula is C22H22N2O3. The second kappa shape index (κ2) is 7.27. The Hall–Kier alpha value is -3.08. The monoisotopic (exact) mass is 362 g/mol. The highest BCUT2D eigenvalue weighted by atomic mass is 16.4. The van der Waals surface area contributed by atoms with Crippen LogP contribution in [0, 0.1) is 5.92 Å². The zero-order valence-corrected chi connectivity index (χ0v) is 15.0. The average molecular weight is 362 g/mol. The molecule has 2 aromatic carbocycles. The van der Waals surface area contributed by atoms with Crippen molar-refractivity contribution in [3.8, 4) is 0 Å². The van der Waals surface area contributed by atoms with Crippen molar-refractivity contribution >= 4 is 22.8 Å². The fraction of sp³-hybridized carbons (Fsp3) is 0.273. The molecule has 5 heteroatoms. The number of carbonyl (C=O) groups excluding carboxylic acids is 1. The van der Waals surface area contributed by atoms with Crippen molar-refractivity contribution in [1.82, 2.24) is 9.88 Å². The third-order valence-corrected chi connectivity index (χ3v) is 5.36. The molecule has 0 saturated carbocycles. The van der Waals surface area contributed by atoms with Crippen molar-refractivity contribution in [3.63, 3.8) is 0 Å². The Kier molecular flexibility index (Phi) is 4.67. The van der Waals surface area contributed by atoms with Gasteiger partial charge in [0, 0.05) is 24.0 Å². The first-order valence-corrected chi connectivity index (χ1v) is 9.29. The summed E-state index contributed by atoms with van der Waals surface area (Å²) in [4.78, 5) is 29.0. The molecule has 1 aliphatic heterocycles. The van der Waals surface area contributed by atoms with Gasteiger partial charge in [-0.3, -0.25) is 4.79 Å². The lowest BCUT2D eigenvalue weighted by molar-refractivity contribution is 0.0678. The second-order valence-electron chi connectivity index (χ2n) is 7.22. The number of fused-ring (bicyclic) bond motifs is 1. The summed E-state index contributed by atoms with van der Waals surface area (Å²) in [5, 5.41) is 10.2. The quantitative estimate of drug-likeness (QED) is 0.738. The van der Waals surface area contributed by atoms with E-state index in [0.29, 0.717) is 17.2 Å². The molecule has 5 nitrogen and oxygen atoms in total. The number of carboxylic acid groups (broad SMARTS) is 1. The molecule has 0 aliphatic carbocycles. The fourth-order valence-corrected chi connectivity index (χ4v) is 3.86. The van der Waals surface area contributed by atoms with Gasteiger partial charge in [-0.05, 0) is 55.0 Å². The first kappa shape index (κ1) is 17.3. The van der Waals surface area contributed by atoms with Crippen LogP contribution >= 0.6 is 0 Å². The van der Waals surface area contributed by atoms with Crippen molar-refractivity contribution in [1.29, 1.82) is 0 Å². The average Bonchev–Trinajstić information content (AvgIpc) is 3.12. The standard InChI is InChI=1S/C22H22N2O3/c25-21(20-14-17-5-1-2-7-19(17)23-20)24-10-8-15(9-11-24)12-16-4-3-6-18(13-16)22(26)27/h1-7,13-15,23H,8-12H2,(H,26,27). The topological polar surface area (TPSA) is 73.4 Å². The normalized spacial score (nSPS) is 15.2. The van der Waals surface area contributed by atoms with Gasteiger partial charge in [-0.2, -0.15) is 0 Å². The Labute approximate surface area is 157 Å². The first-order chi connectivity index (χ1) is 13.1. The van der Waals surface area contributed by atoms with E-state index in [1.807, 2.05) is 41.3 Å². The van der Waals surface area contributed by atoms with Crippen LogP contribution in [0.1, 0.15) is 39.3 Å². The maximum Gasteiger partial charge on any atom is 0.335 e. The fourth-order valence-electron chi connectivity index (χ4n) is 3.86. The van der Waals surface area contributed by atoms with Crippen LogP contribution in [0.25, 0.3) is 10.9 Å². The van der Waals surface area contributed by atoms with Crippen LogP contribution in [0.15, 0.2) is 54.6 Å². The number of carbonyl (C=O) groups is 2. The number of nitrogens with zero attached hydrogens (tertiary/aromatic N) is 1. The van der Waals surface area contributed by atoms with E-state index in [1.165, 1.54) is 0 Å². The third-order valence-electron chi connectivity index (χ3n) is 5.36. The summed E-state index contributed by atoms with van der Waals surface area (Å²) in [6.45, 7) is 1.47. The molecule has 3 aromatic rings. The summed E-state index contributed by atoms with van der Waals surface area (Å²) < 4.78 is 0. The van der Waals surface area contributed by atoms with Crippen molar-refractivity contribution in [3.05, 3.63) is 71.4 Å². The predicted molar refractivity (Wildman–Crippen MR) is 104 cm³/mol. The van der Waals surface area contributed by atoms with Gasteiger partial charge in [-0.1, -0.05) is 30.3 Å². The lowest BCUT2D eigenvalue weighted by Crippen LogP contribution is -2.39. The highest BCUT2D eigenvalue weighted by Crippen LogP contribution is 2.24. The summed E-state index contributed by atoms with van der Waals surface area (Å²) in [7, 11) is 0. The molecular weight excluding hydrogens is 340 g/mol. The Morgan fingerprint density at radius 3 is 2.56 bits per heavy atom. The molecule has 1 aromatic heterocycles. The zero-order valence-electron chi connectivity index (χ0n) is 15.0. The van der Waals surface area contributed by atoms with E-state index < -0.39 is 5.97 Å². The molecule has 138 valence electrons. The molecule has 2 N–H and O–H groups in total. The summed E-state index contributed by atoms with van der Waals surface area (Å²) in [5.74, 6) is -0.367. The van der Waals surface area contributed by atoms with Crippen molar-refractivity contribution < 1.29 is 14.7 Å². The van der Waals surface area contributed by atoms with Crippen LogP contribution in [-0.2, 0) is 6.42 Å². The number of likely N-dealkylation sites (tertiary alicyclic amines) is 1. The largest absolute Gasteiger partial charge is 0.478 e. The van der Waals surface area contributed by atoms with Crippen molar-refractivity contribution in [2.45, 2.75) is 19.3 Å². The number of hydrogen-bond donors (Lipinski definition) is 2. The van der Waals surface area contributed by atoms with Crippen molar-refractivity contribution in [2.24, 2.45) is 5.92 Å². The van der Waals surface area contributed by atoms with Crippen LogP contribution in [-0.4, -0.2) is 40.0 Å². The minimum atomic E-state index is -0.893. The number of aromatic carboxylic acids is 1. The van der Waals surface area contributed by atoms with E-state index in [2.05, 4.69) is 4.98 Å². The van der Waals surface area contributed by atoms with Gasteiger partial charge in [-0.15, -0.1) is 0 Å². The molecule has 0 atom stereocenters. The van der Waals surface area contributed by atoms with Gasteiger partial charge in [-0.25, -0.2) is 4.79 Å². The van der Waals surface area contributed by atoms with Gasteiger partial charge in [0.1, 0.15) is 5.69 Å². The van der Waals surface area contributed by atoms with E-state index >= 15 is 0 Å². The number of carboxylic acids is 1. The van der Waals surface area contributed by atoms with Crippen molar-refractivity contribution in [2.75, 3.05) is 13.1 Å². The highest BCUT2D eigenvalue weighted by Gasteiger charge is 2.24. The Bertz CT molecular complexity index is 951. The van der Waals surface area contributed by atoms with Crippen LogP contribution < -0.4 is 0 Å². The summed E-state index contributed by atoms with van der Waals surface area (Å²) in [5.41, 5.74) is 3.01. The summed E-state index contributed by atoms with van der Waals surface area (Å²) >= 11 is 0. The lowest BCUT2D eigenvalue weighted by atomic mass is 9.89. The molecule has 1 aliphatic rings. The van der Waals surface area contributed by atoms with Gasteiger partial charge in [0.15, 0.2) is 0 Å². The van der Waals surface area contributed by atoms with Crippen LogP contribution in [0.2, 0.25) is 0 Å². The summed E-state index contributed by atoms with van der Waals surface area (Å²) in [6, 6.07) is 17.0. The van der Waals surface area contributed by atoms with Crippen LogP contribution in [0.3, 0.4) is 0 Å². The Morgan fingerprint density at radius 2 is 1.81 bits per heavy atom. The smallest absolute Gasteiger partial charge is 0.335 e. The molecule has 2 heterocycles. The number of H-pyrrole nitrogens is 1. The van der Waals surface area contributed by atoms with Crippen LogP contribution in [0.5, 0.6) is 0 Å². The van der Waals surface area contributed by atoms with Gasteiger partial charge >= 0.3 is 5.97 Å². The van der Waals surface area contributed by atoms with Gasteiger partial charge in [0.05, 0.1) is 5.56 Å². The first-order valence-electron chi connectivity index (χ1n) is 9.29. The van der Waals surface area contributed by atoms with E-state index in [1.54, 1.807) is 18.2 Å². The van der Waals surface area contributed by atoms with E-state index in [0.717, 1.165) is 48.8 Å². The number of hydrogen-bond acceptors (Lipinski definition) is 2. The second-order valence-corrected chi connectivity index (χ2v) is 7.22. The maximum absolute atomic E-state index is 12.8. The highest BCUT2D eigenvalue weighted by molar-refractivity contribution is 5.98. The predicted octanol–water partition coefficient (Wildman–Crippen LogP) is 3.96. The summed E-state index contributed by atoms with van der Waals surface area (Å²) in [6.07, 6.45) is 2.72. The number of para-hydroxylation sites is 1. The lowest BCUT2D eigenvalue weighted by Gasteiger charge is -2.32. The minimum absolute atomic E-state index is 0.0533.